The van der Waals surface area contributed by atoms with Crippen molar-refractivity contribution in [1.29, 1.82) is 0 Å². The van der Waals surface area contributed by atoms with Crippen molar-refractivity contribution in [3.63, 3.8) is 0 Å². The van der Waals surface area contributed by atoms with E-state index in [0.29, 0.717) is 29.3 Å². The first-order valence-corrected chi connectivity index (χ1v) is 8.75. The Morgan fingerprint density at radius 1 is 1.38 bits per heavy atom. The third kappa shape index (κ3) is 3.78. The predicted molar refractivity (Wildman–Crippen MR) is 82.1 cm³/mol. The number of carbonyl (C=O) groups excluding carboxylic acids is 1. The Hall–Kier alpha value is -1.04. The molecule has 1 aromatic heterocycles. The molecule has 0 aromatic carbocycles. The average Bonchev–Trinajstić information content (AvgIpc) is 2.95. The van der Waals surface area contributed by atoms with Crippen LogP contribution in [-0.4, -0.2) is 28.0 Å². The highest BCUT2D eigenvalue weighted by Crippen LogP contribution is 2.40. The maximum Gasteiger partial charge on any atom is 0.321 e. The summed E-state index contributed by atoms with van der Waals surface area (Å²) in [6.07, 6.45) is 4.62. The van der Waals surface area contributed by atoms with Gasteiger partial charge in [-0.3, -0.25) is 4.79 Å². The summed E-state index contributed by atoms with van der Waals surface area (Å²) in [6.45, 7) is 6.47. The zero-order chi connectivity index (χ0) is 15.3. The van der Waals surface area contributed by atoms with Gasteiger partial charge in [0.15, 0.2) is 5.82 Å². The molecule has 6 heteroatoms. The van der Waals surface area contributed by atoms with Crippen LogP contribution in [0.25, 0.3) is 0 Å². The van der Waals surface area contributed by atoms with Gasteiger partial charge in [0.05, 0.1) is 12.4 Å². The van der Waals surface area contributed by atoms with Gasteiger partial charge in [0, 0.05) is 0 Å². The summed E-state index contributed by atoms with van der Waals surface area (Å²) in [7, 11) is 0. The molecular formula is C15H24N2O3S. The molecule has 21 heavy (non-hydrogen) atoms. The summed E-state index contributed by atoms with van der Waals surface area (Å²) in [5.74, 6) is 1.61. The molecule has 0 saturated heterocycles. The second-order valence-electron chi connectivity index (χ2n) is 5.74. The van der Waals surface area contributed by atoms with Crippen molar-refractivity contribution in [1.82, 2.24) is 10.1 Å². The van der Waals surface area contributed by atoms with E-state index < -0.39 is 5.41 Å². The van der Waals surface area contributed by atoms with Crippen LogP contribution in [0.3, 0.4) is 0 Å². The minimum atomic E-state index is -0.720. The number of rotatable bonds is 6. The van der Waals surface area contributed by atoms with Gasteiger partial charge in [-0.2, -0.15) is 16.7 Å². The van der Waals surface area contributed by atoms with Crippen LogP contribution in [0, 0.1) is 0 Å². The Balaban J connectivity index is 2.19. The lowest BCUT2D eigenvalue weighted by molar-refractivity contribution is -0.152. The third-order valence-corrected chi connectivity index (χ3v) is 4.89. The van der Waals surface area contributed by atoms with Gasteiger partial charge in [0.25, 0.3) is 0 Å². The van der Waals surface area contributed by atoms with Crippen molar-refractivity contribution in [2.75, 3.05) is 6.61 Å². The molecule has 1 fully saturated rings. The largest absolute Gasteiger partial charge is 0.465 e. The number of hydrogen-bond donors (Lipinski definition) is 0. The molecule has 0 N–H and O–H groups in total. The maximum absolute atomic E-state index is 12.4. The van der Waals surface area contributed by atoms with Crippen molar-refractivity contribution in [3.05, 3.63) is 11.7 Å². The van der Waals surface area contributed by atoms with E-state index >= 15 is 0 Å². The highest BCUT2D eigenvalue weighted by Gasteiger charge is 2.47. The lowest BCUT2D eigenvalue weighted by Crippen LogP contribution is -2.39. The van der Waals surface area contributed by atoms with Gasteiger partial charge in [-0.1, -0.05) is 38.3 Å². The number of thioether (sulfide) groups is 1. The molecule has 0 atom stereocenters. The summed E-state index contributed by atoms with van der Waals surface area (Å²) in [4.78, 5) is 16.9. The van der Waals surface area contributed by atoms with Gasteiger partial charge in [-0.05, 0) is 25.0 Å². The van der Waals surface area contributed by atoms with Crippen LogP contribution in [0.2, 0.25) is 0 Å². The van der Waals surface area contributed by atoms with Crippen molar-refractivity contribution >= 4 is 17.7 Å². The van der Waals surface area contributed by atoms with Crippen LogP contribution >= 0.6 is 11.8 Å². The second kappa shape index (κ2) is 7.29. The van der Waals surface area contributed by atoms with Crippen molar-refractivity contribution in [2.45, 2.75) is 69.3 Å². The topological polar surface area (TPSA) is 65.2 Å². The first kappa shape index (κ1) is 16.3. The SMILES string of the molecule is CCOC(=O)C1(c2nc(CSC(C)C)no2)CCCCC1. The zero-order valence-electron chi connectivity index (χ0n) is 13.1. The Morgan fingerprint density at radius 3 is 2.71 bits per heavy atom. The Bertz CT molecular complexity index is 467. The van der Waals surface area contributed by atoms with E-state index in [0.717, 1.165) is 32.1 Å². The summed E-state index contributed by atoms with van der Waals surface area (Å²) >= 11 is 1.76. The quantitative estimate of drug-likeness (QED) is 0.749. The first-order valence-electron chi connectivity index (χ1n) is 7.70. The number of ether oxygens (including phenoxy) is 1. The van der Waals surface area contributed by atoms with Crippen molar-refractivity contribution in [2.24, 2.45) is 0 Å². The molecule has 0 amide bonds. The smallest absolute Gasteiger partial charge is 0.321 e. The van der Waals surface area contributed by atoms with E-state index in [4.69, 9.17) is 9.26 Å². The lowest BCUT2D eigenvalue weighted by atomic mass is 9.74. The van der Waals surface area contributed by atoms with E-state index in [1.54, 1.807) is 11.8 Å². The highest BCUT2D eigenvalue weighted by molar-refractivity contribution is 7.99. The molecule has 1 aromatic rings. The van der Waals surface area contributed by atoms with Crippen molar-refractivity contribution in [3.8, 4) is 0 Å². The minimum Gasteiger partial charge on any atom is -0.465 e. The Labute approximate surface area is 130 Å². The molecule has 1 aliphatic rings. The number of esters is 1. The molecular weight excluding hydrogens is 288 g/mol. The minimum absolute atomic E-state index is 0.212. The van der Waals surface area contributed by atoms with Crippen LogP contribution < -0.4 is 0 Å². The van der Waals surface area contributed by atoms with E-state index in [-0.39, 0.29) is 5.97 Å². The highest BCUT2D eigenvalue weighted by atomic mass is 32.2. The van der Waals surface area contributed by atoms with Crippen LogP contribution in [0.15, 0.2) is 4.52 Å². The summed E-state index contributed by atoms with van der Waals surface area (Å²) in [5, 5.41) is 4.55. The van der Waals surface area contributed by atoms with E-state index in [2.05, 4.69) is 24.0 Å². The summed E-state index contributed by atoms with van der Waals surface area (Å²) < 4.78 is 10.7. The maximum atomic E-state index is 12.4. The predicted octanol–water partition coefficient (Wildman–Crippen LogP) is 3.48. The van der Waals surface area contributed by atoms with Crippen molar-refractivity contribution < 1.29 is 14.1 Å². The first-order chi connectivity index (χ1) is 10.1. The third-order valence-electron chi connectivity index (χ3n) is 3.80. The van der Waals surface area contributed by atoms with Gasteiger partial charge in [0.2, 0.25) is 5.89 Å². The monoisotopic (exact) mass is 312 g/mol. The fourth-order valence-corrected chi connectivity index (χ4v) is 3.28. The number of hydrogen-bond acceptors (Lipinski definition) is 6. The molecule has 0 unspecified atom stereocenters. The fourth-order valence-electron chi connectivity index (χ4n) is 2.68. The number of carbonyl (C=O) groups is 1. The molecule has 0 bridgehead atoms. The fraction of sp³-hybridized carbons (Fsp3) is 0.800. The average molecular weight is 312 g/mol. The number of aromatic nitrogens is 2. The molecule has 1 aliphatic carbocycles. The molecule has 1 heterocycles. The lowest BCUT2D eigenvalue weighted by Gasteiger charge is -2.31. The van der Waals surface area contributed by atoms with E-state index in [1.165, 1.54) is 0 Å². The van der Waals surface area contributed by atoms with Crippen LogP contribution in [0.5, 0.6) is 0 Å². The summed E-state index contributed by atoms with van der Waals surface area (Å²) in [6, 6.07) is 0. The molecule has 0 radical (unpaired) electrons. The molecule has 118 valence electrons. The van der Waals surface area contributed by atoms with E-state index in [1.807, 2.05) is 6.92 Å². The van der Waals surface area contributed by atoms with Crippen LogP contribution in [0.1, 0.15) is 64.6 Å². The normalized spacial score (nSPS) is 17.9. The molecule has 0 spiro atoms. The Kier molecular flexibility index (Phi) is 5.67. The van der Waals surface area contributed by atoms with Gasteiger partial charge in [-0.25, -0.2) is 0 Å². The molecule has 0 aliphatic heterocycles. The molecule has 1 saturated carbocycles. The van der Waals surface area contributed by atoms with Gasteiger partial charge >= 0.3 is 5.97 Å². The van der Waals surface area contributed by atoms with E-state index in [9.17, 15) is 4.79 Å². The Morgan fingerprint density at radius 2 is 2.10 bits per heavy atom. The van der Waals surface area contributed by atoms with Gasteiger partial charge < -0.3 is 9.26 Å². The summed E-state index contributed by atoms with van der Waals surface area (Å²) in [5.41, 5.74) is -0.720. The zero-order valence-corrected chi connectivity index (χ0v) is 13.9. The van der Waals surface area contributed by atoms with Gasteiger partial charge in [-0.15, -0.1) is 0 Å². The van der Waals surface area contributed by atoms with Crippen LogP contribution in [-0.2, 0) is 20.7 Å². The molecule has 5 nitrogen and oxygen atoms in total. The van der Waals surface area contributed by atoms with Gasteiger partial charge in [0.1, 0.15) is 5.41 Å². The molecule has 2 rings (SSSR count). The van der Waals surface area contributed by atoms with Crippen LogP contribution in [0.4, 0.5) is 0 Å². The second-order valence-corrected chi connectivity index (χ2v) is 7.30. The standard InChI is InChI=1S/C15H24N2O3S/c1-4-19-14(18)15(8-6-5-7-9-15)13-16-12(17-20-13)10-21-11(2)3/h11H,4-10H2,1-3H3. The number of nitrogens with zero attached hydrogens (tertiary/aromatic N) is 2.